The first-order valence-corrected chi connectivity index (χ1v) is 4.61. The lowest BCUT2D eigenvalue weighted by atomic mass is 10.1. The molecule has 0 amide bonds. The number of carbonyl (C=O) groups excluding carboxylic acids is 1. The Morgan fingerprint density at radius 2 is 2.08 bits per heavy atom. The fourth-order valence-corrected chi connectivity index (χ4v) is 1.55. The molecule has 3 heteroatoms. The third-order valence-corrected chi connectivity index (χ3v) is 2.29. The summed E-state index contributed by atoms with van der Waals surface area (Å²) in [5.74, 6) is 0. The minimum Gasteiger partial charge on any atom is -0.298 e. The molecule has 0 aliphatic carbocycles. The molecule has 0 aliphatic rings. The van der Waals surface area contributed by atoms with Crippen LogP contribution in [-0.2, 0) is 0 Å². The molecule has 0 saturated heterocycles. The number of pyridine rings is 1. The zero-order valence-electron chi connectivity index (χ0n) is 6.70. The lowest BCUT2D eigenvalue weighted by Gasteiger charge is -1.99. The van der Waals surface area contributed by atoms with E-state index in [2.05, 4.69) is 20.9 Å². The van der Waals surface area contributed by atoms with Gasteiger partial charge in [-0.3, -0.25) is 4.79 Å². The molecule has 0 saturated carbocycles. The topological polar surface area (TPSA) is 30.0 Å². The van der Waals surface area contributed by atoms with E-state index in [4.69, 9.17) is 0 Å². The highest BCUT2D eigenvalue weighted by molar-refractivity contribution is 9.10. The van der Waals surface area contributed by atoms with Gasteiger partial charge >= 0.3 is 0 Å². The van der Waals surface area contributed by atoms with Gasteiger partial charge in [0.05, 0.1) is 5.52 Å². The zero-order chi connectivity index (χ0) is 9.26. The van der Waals surface area contributed by atoms with E-state index in [9.17, 15) is 4.79 Å². The highest BCUT2D eigenvalue weighted by Gasteiger charge is 2.00. The Balaban J connectivity index is 2.86. The van der Waals surface area contributed by atoms with Gasteiger partial charge in [0.2, 0.25) is 0 Å². The Morgan fingerprint density at radius 3 is 2.85 bits per heavy atom. The van der Waals surface area contributed by atoms with Crippen LogP contribution in [0, 0.1) is 0 Å². The summed E-state index contributed by atoms with van der Waals surface area (Å²) < 4.78 is 0.745. The number of nitrogens with zero attached hydrogens (tertiary/aromatic N) is 1. The smallest absolute Gasteiger partial charge is 0.152 e. The van der Waals surface area contributed by atoms with Crippen molar-refractivity contribution in [1.82, 2.24) is 4.98 Å². The monoisotopic (exact) mass is 235 g/mol. The number of carbonyl (C=O) groups is 1. The Labute approximate surface area is 83.7 Å². The SMILES string of the molecule is O=Cc1cccc2ccc(Br)nc12. The van der Waals surface area contributed by atoms with Crippen LogP contribution in [-0.4, -0.2) is 11.3 Å². The van der Waals surface area contributed by atoms with Crippen molar-refractivity contribution in [3.63, 3.8) is 0 Å². The van der Waals surface area contributed by atoms with E-state index in [0.29, 0.717) is 5.56 Å². The fraction of sp³-hybridized carbons (Fsp3) is 0. The van der Waals surface area contributed by atoms with Crippen LogP contribution in [0.1, 0.15) is 10.4 Å². The van der Waals surface area contributed by atoms with Gasteiger partial charge in [-0.1, -0.05) is 18.2 Å². The molecule has 0 radical (unpaired) electrons. The van der Waals surface area contributed by atoms with Crippen LogP contribution in [0.3, 0.4) is 0 Å². The van der Waals surface area contributed by atoms with Crippen molar-refractivity contribution in [3.8, 4) is 0 Å². The van der Waals surface area contributed by atoms with Crippen LogP contribution in [0.15, 0.2) is 34.9 Å². The Kier molecular flexibility index (Phi) is 2.10. The molecule has 0 aliphatic heterocycles. The fourth-order valence-electron chi connectivity index (χ4n) is 1.24. The number of rotatable bonds is 1. The molecule has 2 nitrogen and oxygen atoms in total. The average molecular weight is 236 g/mol. The maximum atomic E-state index is 10.7. The minimum atomic E-state index is 0.624. The summed E-state index contributed by atoms with van der Waals surface area (Å²) in [6.45, 7) is 0. The summed E-state index contributed by atoms with van der Waals surface area (Å²) in [7, 11) is 0. The molecular formula is C10H6BrNO. The van der Waals surface area contributed by atoms with Crippen LogP contribution >= 0.6 is 15.9 Å². The lowest BCUT2D eigenvalue weighted by molar-refractivity contribution is 0.112. The molecule has 0 unspecified atom stereocenters. The molecule has 0 bridgehead atoms. The number of benzene rings is 1. The quantitative estimate of drug-likeness (QED) is 0.562. The van der Waals surface area contributed by atoms with E-state index in [1.54, 1.807) is 6.07 Å². The first-order chi connectivity index (χ1) is 6.31. The molecule has 0 N–H and O–H groups in total. The maximum absolute atomic E-state index is 10.7. The van der Waals surface area contributed by atoms with Crippen LogP contribution in [0.2, 0.25) is 0 Å². The number of hydrogen-bond donors (Lipinski definition) is 0. The standard InChI is InChI=1S/C10H6BrNO/c11-9-5-4-7-2-1-3-8(6-13)10(7)12-9/h1-6H. The molecule has 2 rings (SSSR count). The van der Waals surface area contributed by atoms with Gasteiger partial charge in [0, 0.05) is 10.9 Å². The number of fused-ring (bicyclic) bond motifs is 1. The summed E-state index contributed by atoms with van der Waals surface area (Å²) in [5, 5.41) is 0.979. The van der Waals surface area contributed by atoms with Crippen molar-refractivity contribution in [2.24, 2.45) is 0 Å². The van der Waals surface area contributed by atoms with Crippen LogP contribution in [0.25, 0.3) is 10.9 Å². The molecule has 1 heterocycles. The van der Waals surface area contributed by atoms with Crippen molar-refractivity contribution in [1.29, 1.82) is 0 Å². The number of para-hydroxylation sites is 1. The first kappa shape index (κ1) is 8.38. The molecular weight excluding hydrogens is 230 g/mol. The predicted octanol–water partition coefficient (Wildman–Crippen LogP) is 2.81. The molecule has 0 fully saturated rings. The van der Waals surface area contributed by atoms with E-state index in [-0.39, 0.29) is 0 Å². The lowest BCUT2D eigenvalue weighted by Crippen LogP contribution is -1.86. The Bertz CT molecular complexity index is 467. The average Bonchev–Trinajstić information content (AvgIpc) is 2.17. The molecule has 13 heavy (non-hydrogen) atoms. The maximum Gasteiger partial charge on any atom is 0.152 e. The second-order valence-corrected chi connectivity index (χ2v) is 3.48. The zero-order valence-corrected chi connectivity index (χ0v) is 8.28. The third kappa shape index (κ3) is 1.47. The first-order valence-electron chi connectivity index (χ1n) is 3.82. The van der Waals surface area contributed by atoms with E-state index in [0.717, 1.165) is 21.8 Å². The van der Waals surface area contributed by atoms with Crippen molar-refractivity contribution >= 4 is 33.1 Å². The summed E-state index contributed by atoms with van der Waals surface area (Å²) in [5.41, 5.74) is 1.37. The normalized spacial score (nSPS) is 10.2. The van der Waals surface area contributed by atoms with Gasteiger partial charge < -0.3 is 0 Å². The highest BCUT2D eigenvalue weighted by Crippen LogP contribution is 2.18. The predicted molar refractivity (Wildman–Crippen MR) is 54.8 cm³/mol. The molecule has 1 aromatic carbocycles. The van der Waals surface area contributed by atoms with Crippen LogP contribution in [0.5, 0.6) is 0 Å². The van der Waals surface area contributed by atoms with Gasteiger partial charge in [-0.2, -0.15) is 0 Å². The number of halogens is 1. The Morgan fingerprint density at radius 1 is 1.23 bits per heavy atom. The van der Waals surface area contributed by atoms with Crippen molar-refractivity contribution in [2.75, 3.05) is 0 Å². The van der Waals surface area contributed by atoms with Gasteiger partial charge in [0.1, 0.15) is 4.60 Å². The summed E-state index contributed by atoms with van der Waals surface area (Å²) in [6, 6.07) is 9.33. The summed E-state index contributed by atoms with van der Waals surface area (Å²) >= 11 is 3.27. The minimum absolute atomic E-state index is 0.624. The number of hydrogen-bond acceptors (Lipinski definition) is 2. The number of aldehydes is 1. The van der Waals surface area contributed by atoms with Crippen molar-refractivity contribution < 1.29 is 4.79 Å². The van der Waals surface area contributed by atoms with Gasteiger partial charge in [-0.05, 0) is 28.1 Å². The van der Waals surface area contributed by atoms with E-state index < -0.39 is 0 Å². The molecule has 0 spiro atoms. The largest absolute Gasteiger partial charge is 0.298 e. The molecule has 1 aromatic heterocycles. The molecule has 64 valence electrons. The number of aromatic nitrogens is 1. The molecule has 2 aromatic rings. The van der Waals surface area contributed by atoms with Crippen molar-refractivity contribution in [2.45, 2.75) is 0 Å². The highest BCUT2D eigenvalue weighted by atomic mass is 79.9. The van der Waals surface area contributed by atoms with Gasteiger partial charge in [-0.25, -0.2) is 4.98 Å². The second kappa shape index (κ2) is 3.26. The van der Waals surface area contributed by atoms with Crippen LogP contribution < -0.4 is 0 Å². The second-order valence-electron chi connectivity index (χ2n) is 2.67. The summed E-state index contributed by atoms with van der Waals surface area (Å²) in [4.78, 5) is 14.9. The van der Waals surface area contributed by atoms with Gasteiger partial charge in [-0.15, -0.1) is 0 Å². The van der Waals surface area contributed by atoms with Gasteiger partial charge in [0.15, 0.2) is 6.29 Å². The van der Waals surface area contributed by atoms with E-state index >= 15 is 0 Å². The van der Waals surface area contributed by atoms with Gasteiger partial charge in [0.25, 0.3) is 0 Å². The van der Waals surface area contributed by atoms with Crippen molar-refractivity contribution in [3.05, 3.63) is 40.5 Å². The van der Waals surface area contributed by atoms with E-state index in [1.807, 2.05) is 24.3 Å². The summed E-state index contributed by atoms with van der Waals surface area (Å²) in [6.07, 6.45) is 0.821. The Hall–Kier alpha value is -1.22. The van der Waals surface area contributed by atoms with E-state index in [1.165, 1.54) is 0 Å². The van der Waals surface area contributed by atoms with Crippen LogP contribution in [0.4, 0.5) is 0 Å². The third-order valence-electron chi connectivity index (χ3n) is 1.84. The molecule has 0 atom stereocenters.